The number of nitrogens with zero attached hydrogens (tertiary/aromatic N) is 2. The van der Waals surface area contributed by atoms with Crippen molar-refractivity contribution in [1.29, 1.82) is 0 Å². The Balaban J connectivity index is 2.81. The summed E-state index contributed by atoms with van der Waals surface area (Å²) in [6.07, 6.45) is 5.74. The molecule has 3 N–H and O–H groups in total. The van der Waals surface area contributed by atoms with E-state index in [0.717, 1.165) is 10.6 Å². The van der Waals surface area contributed by atoms with Crippen LogP contribution in [0.4, 0.5) is 0 Å². The highest BCUT2D eigenvalue weighted by molar-refractivity contribution is 7.05. The molecular weight excluding hydrogens is 172 g/mol. The molecule has 0 saturated heterocycles. The standard InChI is InChI=1S/C7H10N4S/c1-3-4-6(9-8)7-5(2)10-11-12-7/h1,6,9H,4,8H2,2H3. The van der Waals surface area contributed by atoms with Crippen LogP contribution in [0.3, 0.4) is 0 Å². The second kappa shape index (κ2) is 4.16. The van der Waals surface area contributed by atoms with E-state index in [-0.39, 0.29) is 6.04 Å². The molecular formula is C7H10N4S. The van der Waals surface area contributed by atoms with Gasteiger partial charge in [0.15, 0.2) is 0 Å². The average Bonchev–Trinajstić information content (AvgIpc) is 2.47. The molecule has 1 rings (SSSR count). The number of aromatic nitrogens is 2. The fourth-order valence-corrected chi connectivity index (χ4v) is 1.60. The van der Waals surface area contributed by atoms with Crippen molar-refractivity contribution in [2.45, 2.75) is 19.4 Å². The number of aryl methyl sites for hydroxylation is 1. The van der Waals surface area contributed by atoms with Gasteiger partial charge in [-0.15, -0.1) is 17.4 Å². The Kier molecular flexibility index (Phi) is 3.17. The van der Waals surface area contributed by atoms with Gasteiger partial charge in [0.05, 0.1) is 16.6 Å². The zero-order chi connectivity index (χ0) is 8.97. The molecule has 4 nitrogen and oxygen atoms in total. The molecule has 5 heteroatoms. The summed E-state index contributed by atoms with van der Waals surface area (Å²) in [5.41, 5.74) is 3.52. The van der Waals surface area contributed by atoms with Gasteiger partial charge in [0.2, 0.25) is 0 Å². The molecule has 1 atom stereocenters. The first-order valence-corrected chi connectivity index (χ1v) is 4.25. The molecule has 0 saturated carbocycles. The Morgan fingerprint density at radius 1 is 1.83 bits per heavy atom. The normalized spacial score (nSPS) is 12.4. The maximum atomic E-state index is 5.32. The number of nitrogens with two attached hydrogens (primary N) is 1. The topological polar surface area (TPSA) is 63.8 Å². The number of terminal acetylenes is 1. The van der Waals surface area contributed by atoms with E-state index < -0.39 is 0 Å². The van der Waals surface area contributed by atoms with E-state index in [1.807, 2.05) is 6.92 Å². The maximum absolute atomic E-state index is 5.32. The van der Waals surface area contributed by atoms with Crippen LogP contribution in [0.2, 0.25) is 0 Å². The molecule has 0 bridgehead atoms. The van der Waals surface area contributed by atoms with Crippen molar-refractivity contribution in [3.05, 3.63) is 10.6 Å². The Bertz CT molecular complexity index is 288. The number of hydrazine groups is 1. The molecule has 0 radical (unpaired) electrons. The van der Waals surface area contributed by atoms with Gasteiger partial charge >= 0.3 is 0 Å². The van der Waals surface area contributed by atoms with Gasteiger partial charge in [0.1, 0.15) is 0 Å². The monoisotopic (exact) mass is 182 g/mol. The molecule has 0 aromatic carbocycles. The minimum Gasteiger partial charge on any atom is -0.271 e. The third-order valence-corrected chi connectivity index (χ3v) is 2.47. The van der Waals surface area contributed by atoms with Crippen LogP contribution < -0.4 is 11.3 Å². The van der Waals surface area contributed by atoms with Crippen LogP contribution in [-0.4, -0.2) is 9.59 Å². The number of rotatable bonds is 3. The summed E-state index contributed by atoms with van der Waals surface area (Å²) >= 11 is 1.32. The molecule has 1 aromatic heterocycles. The van der Waals surface area contributed by atoms with Crippen LogP contribution in [0.5, 0.6) is 0 Å². The lowest BCUT2D eigenvalue weighted by Gasteiger charge is -2.09. The highest BCUT2D eigenvalue weighted by atomic mass is 32.1. The molecule has 1 heterocycles. The van der Waals surface area contributed by atoms with Gasteiger partial charge < -0.3 is 0 Å². The lowest BCUT2D eigenvalue weighted by atomic mass is 10.1. The second-order valence-corrected chi connectivity index (χ2v) is 3.14. The van der Waals surface area contributed by atoms with E-state index in [2.05, 4.69) is 20.9 Å². The predicted octanol–water partition coefficient (Wildman–Crippen LogP) is 0.374. The van der Waals surface area contributed by atoms with Gasteiger partial charge in [-0.2, -0.15) is 0 Å². The Labute approximate surface area is 75.3 Å². The van der Waals surface area contributed by atoms with Crippen molar-refractivity contribution in [1.82, 2.24) is 15.0 Å². The summed E-state index contributed by atoms with van der Waals surface area (Å²) in [4.78, 5) is 1.01. The van der Waals surface area contributed by atoms with E-state index in [0.29, 0.717) is 6.42 Å². The van der Waals surface area contributed by atoms with Crippen LogP contribution in [-0.2, 0) is 0 Å². The highest BCUT2D eigenvalue weighted by Crippen LogP contribution is 2.21. The lowest BCUT2D eigenvalue weighted by molar-refractivity contribution is 0.573. The van der Waals surface area contributed by atoms with Gasteiger partial charge in [-0.3, -0.25) is 11.3 Å². The molecule has 1 aromatic rings. The molecule has 0 aliphatic heterocycles. The molecule has 1 unspecified atom stereocenters. The van der Waals surface area contributed by atoms with E-state index in [4.69, 9.17) is 12.3 Å². The van der Waals surface area contributed by atoms with Crippen molar-refractivity contribution in [2.24, 2.45) is 5.84 Å². The number of hydrogen-bond donors (Lipinski definition) is 2. The number of nitrogens with one attached hydrogen (secondary N) is 1. The quantitative estimate of drug-likeness (QED) is 0.403. The van der Waals surface area contributed by atoms with Crippen molar-refractivity contribution < 1.29 is 0 Å². The van der Waals surface area contributed by atoms with E-state index in [9.17, 15) is 0 Å². The molecule has 64 valence electrons. The largest absolute Gasteiger partial charge is 0.271 e. The van der Waals surface area contributed by atoms with E-state index in [1.54, 1.807) is 0 Å². The van der Waals surface area contributed by atoms with Crippen molar-refractivity contribution in [3.8, 4) is 12.3 Å². The van der Waals surface area contributed by atoms with Crippen molar-refractivity contribution in [3.63, 3.8) is 0 Å². The predicted molar refractivity (Wildman–Crippen MR) is 48.2 cm³/mol. The molecule has 12 heavy (non-hydrogen) atoms. The fraction of sp³-hybridized carbons (Fsp3) is 0.429. The smallest absolute Gasteiger partial charge is 0.0773 e. The first-order valence-electron chi connectivity index (χ1n) is 3.48. The zero-order valence-electron chi connectivity index (χ0n) is 6.74. The van der Waals surface area contributed by atoms with Crippen molar-refractivity contribution >= 4 is 11.5 Å². The third kappa shape index (κ3) is 1.80. The highest BCUT2D eigenvalue weighted by Gasteiger charge is 2.13. The summed E-state index contributed by atoms with van der Waals surface area (Å²) in [5, 5.41) is 3.87. The summed E-state index contributed by atoms with van der Waals surface area (Å²) < 4.78 is 3.80. The van der Waals surface area contributed by atoms with Crippen LogP contribution in [0, 0.1) is 19.3 Å². The average molecular weight is 182 g/mol. The lowest BCUT2D eigenvalue weighted by Crippen LogP contribution is -2.27. The van der Waals surface area contributed by atoms with Gasteiger partial charge in [0, 0.05) is 6.42 Å². The summed E-state index contributed by atoms with van der Waals surface area (Å²) in [6, 6.07) is -0.0185. The van der Waals surface area contributed by atoms with Crippen LogP contribution >= 0.6 is 11.5 Å². The van der Waals surface area contributed by atoms with Crippen LogP contribution in [0.15, 0.2) is 0 Å². The van der Waals surface area contributed by atoms with Crippen LogP contribution in [0.1, 0.15) is 23.0 Å². The van der Waals surface area contributed by atoms with E-state index in [1.165, 1.54) is 11.5 Å². The van der Waals surface area contributed by atoms with Gasteiger partial charge in [-0.1, -0.05) is 4.49 Å². The first kappa shape index (κ1) is 9.13. The maximum Gasteiger partial charge on any atom is 0.0773 e. The van der Waals surface area contributed by atoms with Crippen LogP contribution in [0.25, 0.3) is 0 Å². The zero-order valence-corrected chi connectivity index (χ0v) is 7.56. The third-order valence-electron chi connectivity index (χ3n) is 1.53. The summed E-state index contributed by atoms with van der Waals surface area (Å²) in [5.74, 6) is 7.87. The Morgan fingerprint density at radius 2 is 2.58 bits per heavy atom. The second-order valence-electron chi connectivity index (χ2n) is 2.35. The first-order chi connectivity index (χ1) is 5.79. The summed E-state index contributed by atoms with van der Waals surface area (Å²) in [6.45, 7) is 1.89. The minimum absolute atomic E-state index is 0.0185. The summed E-state index contributed by atoms with van der Waals surface area (Å²) in [7, 11) is 0. The van der Waals surface area contributed by atoms with E-state index >= 15 is 0 Å². The fourth-order valence-electron chi connectivity index (χ4n) is 0.902. The van der Waals surface area contributed by atoms with Gasteiger partial charge in [-0.25, -0.2) is 0 Å². The molecule has 0 aliphatic carbocycles. The Morgan fingerprint density at radius 3 is 3.00 bits per heavy atom. The van der Waals surface area contributed by atoms with Gasteiger partial charge in [0.25, 0.3) is 0 Å². The Hall–Kier alpha value is -0.960. The van der Waals surface area contributed by atoms with Gasteiger partial charge in [-0.05, 0) is 18.5 Å². The molecule has 0 fully saturated rings. The SMILES string of the molecule is C#CCC(NN)c1snnc1C. The van der Waals surface area contributed by atoms with Crippen molar-refractivity contribution in [2.75, 3.05) is 0 Å². The minimum atomic E-state index is -0.0185. The molecule has 0 amide bonds. The molecule has 0 aliphatic rings. The molecule has 0 spiro atoms. The number of hydrogen-bond acceptors (Lipinski definition) is 5.